The van der Waals surface area contributed by atoms with E-state index in [2.05, 4.69) is 0 Å². The number of aliphatic hydroxyl groups excluding tert-OH is 3. The summed E-state index contributed by atoms with van der Waals surface area (Å²) >= 11 is 0. The van der Waals surface area contributed by atoms with Crippen LogP contribution in [-0.2, 0) is 14.3 Å². The molecular weight excluding hydrogens is 439 g/mol. The van der Waals surface area contributed by atoms with Gasteiger partial charge >= 0.3 is 5.97 Å². The second-order valence-corrected chi connectivity index (χ2v) is 11.4. The zero-order chi connectivity index (χ0) is 25.1. The molecule has 0 bridgehead atoms. The molecule has 0 aromatic carbocycles. The number of hydrogen-bond acceptors (Lipinski definition) is 6. The van der Waals surface area contributed by atoms with Gasteiger partial charge in [0, 0.05) is 29.1 Å². The van der Waals surface area contributed by atoms with E-state index in [1.165, 1.54) is 0 Å². The van der Waals surface area contributed by atoms with Crippen LogP contribution in [0.25, 0.3) is 0 Å². The Hall–Kier alpha value is -1.57. The molecule has 190 valence electrons. The number of fused-ring (bicyclic) bond motifs is 5. The molecule has 6 nitrogen and oxygen atoms in total. The number of hydrogen-bond donors (Lipinski definition) is 3. The van der Waals surface area contributed by atoms with Crippen LogP contribution in [0.15, 0.2) is 23.8 Å². The summed E-state index contributed by atoms with van der Waals surface area (Å²) in [4.78, 5) is 26.1. The number of esters is 1. The zero-order valence-electron chi connectivity index (χ0n) is 20.7. The lowest BCUT2D eigenvalue weighted by Gasteiger charge is -2.63. The lowest BCUT2D eigenvalue weighted by molar-refractivity contribution is -0.228. The number of alkyl halides is 1. The Balaban J connectivity index is 1.79. The molecule has 1 unspecified atom stereocenters. The van der Waals surface area contributed by atoms with Crippen LogP contribution in [0, 0.1) is 28.6 Å². The Morgan fingerprint density at radius 2 is 1.94 bits per heavy atom. The predicted molar refractivity (Wildman–Crippen MR) is 124 cm³/mol. The summed E-state index contributed by atoms with van der Waals surface area (Å²) in [5.74, 6) is -2.36. The molecule has 0 amide bonds. The maximum atomic E-state index is 17.3. The maximum Gasteiger partial charge on any atom is 0.306 e. The number of ether oxygens (including phenoxy) is 1. The van der Waals surface area contributed by atoms with E-state index >= 15 is 4.39 Å². The normalized spacial score (nSPS) is 47.3. The molecule has 3 fully saturated rings. The summed E-state index contributed by atoms with van der Waals surface area (Å²) < 4.78 is 23.3. The van der Waals surface area contributed by atoms with Crippen molar-refractivity contribution < 1.29 is 34.0 Å². The molecule has 4 aliphatic rings. The fourth-order valence-electron chi connectivity index (χ4n) is 8.19. The van der Waals surface area contributed by atoms with Gasteiger partial charge in [-0.05, 0) is 44.9 Å². The van der Waals surface area contributed by atoms with Crippen molar-refractivity contribution in [1.82, 2.24) is 0 Å². The van der Waals surface area contributed by atoms with Gasteiger partial charge in [-0.3, -0.25) is 9.59 Å². The lowest BCUT2D eigenvalue weighted by atomic mass is 9.44. The standard InChI is InChI=1S/C27H39FO6/c1-5-6-7-23(33)34-27(22(32)15-29)16(2)12-20-19-9-8-17-13-18(30)10-11-24(17,3)26(19,28)21(31)14-25(20,27)4/h10-11,13,16,18-21,29-31H,5-9,12,14-15H2,1-4H3/t16-,18?,19-,20-,21-,24-,25-,26-,27-/m0/s1. The summed E-state index contributed by atoms with van der Waals surface area (Å²) in [5, 5.41) is 31.5. The SMILES string of the molecule is CCCCC(=O)O[C@]1(C(=O)CO)[C@@H](C)C[C@H]2[C@@H]3CCC4=CC(O)C=C[C@]4(C)[C@@]3(F)[C@@H](O)C[C@@]21C. The maximum absolute atomic E-state index is 17.3. The average molecular weight is 479 g/mol. The Morgan fingerprint density at radius 3 is 2.59 bits per heavy atom. The number of Topliss-reactive ketones (excluding diaryl/α,β-unsaturated/α-hetero) is 1. The van der Waals surface area contributed by atoms with Crippen LogP contribution in [0.1, 0.15) is 72.6 Å². The molecule has 0 heterocycles. The minimum atomic E-state index is -1.98. The number of aliphatic hydroxyl groups is 3. The van der Waals surface area contributed by atoms with Gasteiger partial charge in [0.2, 0.25) is 5.78 Å². The zero-order valence-corrected chi connectivity index (χ0v) is 20.7. The largest absolute Gasteiger partial charge is 0.450 e. The van der Waals surface area contributed by atoms with Crippen molar-refractivity contribution in [3.05, 3.63) is 23.8 Å². The van der Waals surface area contributed by atoms with Gasteiger partial charge < -0.3 is 20.1 Å². The van der Waals surface area contributed by atoms with Crippen molar-refractivity contribution in [3.8, 4) is 0 Å². The van der Waals surface area contributed by atoms with Gasteiger partial charge in [-0.2, -0.15) is 0 Å². The number of carbonyl (C=O) groups is 2. The number of unbranched alkanes of at least 4 members (excludes halogenated alkanes) is 1. The molecule has 0 saturated heterocycles. The smallest absolute Gasteiger partial charge is 0.306 e. The van der Waals surface area contributed by atoms with Crippen LogP contribution in [0.3, 0.4) is 0 Å². The molecule has 0 aliphatic heterocycles. The quantitative estimate of drug-likeness (QED) is 0.399. The fourth-order valence-corrected chi connectivity index (χ4v) is 8.19. The second kappa shape index (κ2) is 8.52. The molecule has 0 aromatic rings. The summed E-state index contributed by atoms with van der Waals surface area (Å²) in [7, 11) is 0. The van der Waals surface area contributed by atoms with Crippen LogP contribution in [0.5, 0.6) is 0 Å². The number of ketones is 1. The van der Waals surface area contributed by atoms with E-state index in [-0.39, 0.29) is 18.8 Å². The van der Waals surface area contributed by atoms with Crippen LogP contribution in [0.2, 0.25) is 0 Å². The molecule has 0 aromatic heterocycles. The number of allylic oxidation sites excluding steroid dienone is 2. The monoisotopic (exact) mass is 478 g/mol. The number of carbonyl (C=O) groups excluding carboxylic acids is 2. The van der Waals surface area contributed by atoms with Crippen molar-refractivity contribution in [2.75, 3.05) is 6.61 Å². The van der Waals surface area contributed by atoms with Crippen LogP contribution < -0.4 is 0 Å². The molecule has 0 spiro atoms. The van der Waals surface area contributed by atoms with Gasteiger partial charge in [0.25, 0.3) is 0 Å². The molecule has 4 rings (SSSR count). The van der Waals surface area contributed by atoms with E-state index in [1.807, 2.05) is 20.8 Å². The summed E-state index contributed by atoms with van der Waals surface area (Å²) in [6.45, 7) is 6.64. The first kappa shape index (κ1) is 25.5. The highest BCUT2D eigenvalue weighted by atomic mass is 19.1. The highest BCUT2D eigenvalue weighted by Gasteiger charge is 2.77. The topological polar surface area (TPSA) is 104 Å². The van der Waals surface area contributed by atoms with Crippen molar-refractivity contribution >= 4 is 11.8 Å². The Bertz CT molecular complexity index is 915. The molecule has 3 saturated carbocycles. The van der Waals surface area contributed by atoms with Gasteiger partial charge in [0.15, 0.2) is 11.3 Å². The number of rotatable bonds is 6. The highest BCUT2D eigenvalue weighted by Crippen LogP contribution is 2.71. The first-order chi connectivity index (χ1) is 15.9. The molecule has 9 atom stereocenters. The Labute approximate surface area is 201 Å². The Kier molecular flexibility index (Phi) is 6.40. The molecular formula is C27H39FO6. The van der Waals surface area contributed by atoms with Crippen molar-refractivity contribution in [1.29, 1.82) is 0 Å². The number of halogens is 1. The van der Waals surface area contributed by atoms with Gasteiger partial charge in [-0.1, -0.05) is 51.0 Å². The van der Waals surface area contributed by atoms with E-state index in [0.717, 1.165) is 12.0 Å². The van der Waals surface area contributed by atoms with Crippen LogP contribution in [0.4, 0.5) is 4.39 Å². The van der Waals surface area contributed by atoms with E-state index in [0.29, 0.717) is 25.7 Å². The minimum absolute atomic E-state index is 0.0545. The second-order valence-electron chi connectivity index (χ2n) is 11.4. The predicted octanol–water partition coefficient (Wildman–Crippen LogP) is 3.43. The van der Waals surface area contributed by atoms with E-state index in [9.17, 15) is 24.9 Å². The van der Waals surface area contributed by atoms with E-state index < -0.39 is 64.5 Å². The summed E-state index contributed by atoms with van der Waals surface area (Å²) in [6, 6.07) is 0. The molecule has 7 heteroatoms. The molecule has 34 heavy (non-hydrogen) atoms. The fraction of sp³-hybridized carbons (Fsp3) is 0.778. The van der Waals surface area contributed by atoms with Crippen molar-refractivity contribution in [2.24, 2.45) is 28.6 Å². The molecule has 3 N–H and O–H groups in total. The van der Waals surface area contributed by atoms with Gasteiger partial charge in [-0.25, -0.2) is 4.39 Å². The third kappa shape index (κ3) is 3.15. The van der Waals surface area contributed by atoms with Gasteiger partial charge in [0.1, 0.15) is 6.61 Å². The van der Waals surface area contributed by atoms with Crippen molar-refractivity contribution in [3.63, 3.8) is 0 Å². The van der Waals surface area contributed by atoms with Gasteiger partial charge in [0.05, 0.1) is 12.2 Å². The lowest BCUT2D eigenvalue weighted by Crippen LogP contribution is -2.70. The summed E-state index contributed by atoms with van der Waals surface area (Å²) in [5.41, 5.74) is -4.87. The molecule has 4 aliphatic carbocycles. The minimum Gasteiger partial charge on any atom is -0.450 e. The van der Waals surface area contributed by atoms with Crippen molar-refractivity contribution in [2.45, 2.75) is 96.1 Å². The van der Waals surface area contributed by atoms with E-state index in [4.69, 9.17) is 4.74 Å². The van der Waals surface area contributed by atoms with E-state index in [1.54, 1.807) is 25.2 Å². The average Bonchev–Trinajstić information content (AvgIpc) is 3.00. The highest BCUT2D eigenvalue weighted by molar-refractivity contribution is 5.92. The van der Waals surface area contributed by atoms with Gasteiger partial charge in [-0.15, -0.1) is 0 Å². The third-order valence-electron chi connectivity index (χ3n) is 9.85. The van der Waals surface area contributed by atoms with Crippen LogP contribution >= 0.6 is 0 Å². The first-order valence-electron chi connectivity index (χ1n) is 12.7. The summed E-state index contributed by atoms with van der Waals surface area (Å²) in [6.07, 6.45) is 5.84. The van der Waals surface area contributed by atoms with Crippen LogP contribution in [-0.4, -0.2) is 57.2 Å². The Morgan fingerprint density at radius 1 is 1.24 bits per heavy atom. The first-order valence-corrected chi connectivity index (χ1v) is 12.7. The molecule has 0 radical (unpaired) electrons. The third-order valence-corrected chi connectivity index (χ3v) is 9.85.